The Morgan fingerprint density at radius 1 is 1.50 bits per heavy atom. The average molecular weight is 241 g/mol. The van der Waals surface area contributed by atoms with Crippen molar-refractivity contribution in [3.8, 4) is 12.3 Å². The summed E-state index contributed by atoms with van der Waals surface area (Å²) >= 11 is 0. The first kappa shape index (κ1) is 14.1. The van der Waals surface area contributed by atoms with E-state index in [0.29, 0.717) is 19.4 Å². The standard InChI is InChI=1S/C16H19NO/c1-4-6-12-16(18)17(13-5-2)14(3)15-10-8-7-9-11-15/h2,4,7-11,14H,1,6,12-13H2,3H3/t14-/m0/s1. The molecule has 0 unspecified atom stereocenters. The van der Waals surface area contributed by atoms with Gasteiger partial charge in [0.1, 0.15) is 0 Å². The molecule has 0 saturated heterocycles. The van der Waals surface area contributed by atoms with E-state index < -0.39 is 0 Å². The lowest BCUT2D eigenvalue weighted by atomic mass is 10.1. The van der Waals surface area contributed by atoms with E-state index in [1.165, 1.54) is 0 Å². The zero-order chi connectivity index (χ0) is 13.4. The number of rotatable bonds is 6. The van der Waals surface area contributed by atoms with Crippen LogP contribution in [-0.2, 0) is 4.79 Å². The molecule has 94 valence electrons. The molecule has 0 aliphatic heterocycles. The SMILES string of the molecule is C#CCN(C(=O)CCC=C)[C@@H](C)c1ccccc1. The van der Waals surface area contributed by atoms with E-state index in [2.05, 4.69) is 12.5 Å². The monoisotopic (exact) mass is 241 g/mol. The van der Waals surface area contributed by atoms with Gasteiger partial charge in [0.15, 0.2) is 0 Å². The molecule has 1 amide bonds. The van der Waals surface area contributed by atoms with Gasteiger partial charge in [-0.15, -0.1) is 13.0 Å². The quantitative estimate of drug-likeness (QED) is 0.553. The number of terminal acetylenes is 1. The Morgan fingerprint density at radius 2 is 2.17 bits per heavy atom. The van der Waals surface area contributed by atoms with Gasteiger partial charge in [-0.25, -0.2) is 0 Å². The van der Waals surface area contributed by atoms with E-state index in [9.17, 15) is 4.79 Å². The highest BCUT2D eigenvalue weighted by Gasteiger charge is 2.19. The van der Waals surface area contributed by atoms with Gasteiger partial charge in [0.05, 0.1) is 12.6 Å². The Bertz CT molecular complexity index is 430. The van der Waals surface area contributed by atoms with Crippen molar-refractivity contribution in [3.63, 3.8) is 0 Å². The maximum Gasteiger partial charge on any atom is 0.224 e. The zero-order valence-electron chi connectivity index (χ0n) is 10.8. The maximum absolute atomic E-state index is 12.1. The van der Waals surface area contributed by atoms with Crippen LogP contribution in [0.3, 0.4) is 0 Å². The predicted octanol–water partition coefficient (Wildman–Crippen LogP) is 3.18. The summed E-state index contributed by atoms with van der Waals surface area (Å²) in [5.74, 6) is 2.63. The van der Waals surface area contributed by atoms with E-state index in [4.69, 9.17) is 6.42 Å². The number of amides is 1. The summed E-state index contributed by atoms with van der Waals surface area (Å²) in [5, 5.41) is 0. The van der Waals surface area contributed by atoms with Gasteiger partial charge in [-0.2, -0.15) is 0 Å². The Labute approximate surface area is 109 Å². The topological polar surface area (TPSA) is 20.3 Å². The van der Waals surface area contributed by atoms with Crippen LogP contribution in [0.25, 0.3) is 0 Å². The fourth-order valence-corrected chi connectivity index (χ4v) is 1.82. The molecule has 0 aromatic heterocycles. The molecular formula is C16H19NO. The zero-order valence-corrected chi connectivity index (χ0v) is 10.8. The van der Waals surface area contributed by atoms with Crippen LogP contribution in [0.1, 0.15) is 31.4 Å². The minimum atomic E-state index is -0.000402. The van der Waals surface area contributed by atoms with Gasteiger partial charge in [0.2, 0.25) is 5.91 Å². The number of carbonyl (C=O) groups excluding carboxylic acids is 1. The summed E-state index contributed by atoms with van der Waals surface area (Å²) in [7, 11) is 0. The molecule has 2 nitrogen and oxygen atoms in total. The Morgan fingerprint density at radius 3 is 2.72 bits per heavy atom. The third-order valence-corrected chi connectivity index (χ3v) is 2.89. The Kier molecular flexibility index (Phi) is 5.73. The minimum absolute atomic E-state index is 0.000402. The third kappa shape index (κ3) is 3.78. The normalized spacial score (nSPS) is 11.3. The number of hydrogen-bond donors (Lipinski definition) is 0. The maximum atomic E-state index is 12.1. The van der Waals surface area contributed by atoms with Crippen molar-refractivity contribution in [1.82, 2.24) is 4.90 Å². The highest BCUT2D eigenvalue weighted by molar-refractivity contribution is 5.77. The third-order valence-electron chi connectivity index (χ3n) is 2.89. The van der Waals surface area contributed by atoms with Crippen LogP contribution >= 0.6 is 0 Å². The molecule has 1 aromatic carbocycles. The number of allylic oxidation sites excluding steroid dienone is 1. The summed E-state index contributed by atoms with van der Waals surface area (Å²) in [5.41, 5.74) is 1.10. The molecule has 1 atom stereocenters. The number of carbonyl (C=O) groups is 1. The average Bonchev–Trinajstić information content (AvgIpc) is 2.42. The number of nitrogens with zero attached hydrogens (tertiary/aromatic N) is 1. The van der Waals surface area contributed by atoms with Crippen LogP contribution < -0.4 is 0 Å². The van der Waals surface area contributed by atoms with Gasteiger partial charge in [0, 0.05) is 6.42 Å². The molecule has 0 spiro atoms. The molecule has 0 fully saturated rings. The van der Waals surface area contributed by atoms with Crippen LogP contribution in [0.5, 0.6) is 0 Å². The molecule has 18 heavy (non-hydrogen) atoms. The predicted molar refractivity (Wildman–Crippen MR) is 74.8 cm³/mol. The Balaban J connectivity index is 2.81. The number of hydrogen-bond acceptors (Lipinski definition) is 1. The summed E-state index contributed by atoms with van der Waals surface area (Å²) in [6.45, 7) is 5.97. The molecule has 0 aliphatic carbocycles. The highest BCUT2D eigenvalue weighted by Crippen LogP contribution is 2.20. The summed E-state index contributed by atoms with van der Waals surface area (Å²) < 4.78 is 0. The molecule has 0 saturated carbocycles. The van der Waals surface area contributed by atoms with E-state index >= 15 is 0 Å². The Hall–Kier alpha value is -2.01. The van der Waals surface area contributed by atoms with Crippen molar-refractivity contribution in [3.05, 3.63) is 48.6 Å². The fraction of sp³-hybridized carbons (Fsp3) is 0.312. The van der Waals surface area contributed by atoms with Crippen LogP contribution in [-0.4, -0.2) is 17.4 Å². The second-order valence-electron chi connectivity index (χ2n) is 4.14. The van der Waals surface area contributed by atoms with E-state index in [-0.39, 0.29) is 11.9 Å². The van der Waals surface area contributed by atoms with Crippen molar-refractivity contribution in [2.75, 3.05) is 6.54 Å². The first-order valence-corrected chi connectivity index (χ1v) is 6.09. The minimum Gasteiger partial charge on any atom is -0.325 e. The molecule has 1 aromatic rings. The molecular weight excluding hydrogens is 222 g/mol. The number of benzene rings is 1. The van der Waals surface area contributed by atoms with Crippen molar-refractivity contribution in [2.45, 2.75) is 25.8 Å². The molecule has 0 aliphatic rings. The fourth-order valence-electron chi connectivity index (χ4n) is 1.82. The summed E-state index contributed by atoms with van der Waals surface area (Å²) in [6.07, 6.45) is 8.24. The first-order chi connectivity index (χ1) is 8.70. The second-order valence-corrected chi connectivity index (χ2v) is 4.14. The highest BCUT2D eigenvalue weighted by atomic mass is 16.2. The van der Waals surface area contributed by atoms with Gasteiger partial charge in [-0.1, -0.05) is 42.3 Å². The van der Waals surface area contributed by atoms with Gasteiger partial charge >= 0.3 is 0 Å². The van der Waals surface area contributed by atoms with Crippen LogP contribution in [0.15, 0.2) is 43.0 Å². The van der Waals surface area contributed by atoms with Crippen molar-refractivity contribution in [1.29, 1.82) is 0 Å². The second kappa shape index (κ2) is 7.34. The molecule has 0 N–H and O–H groups in total. The molecule has 1 rings (SSSR count). The van der Waals surface area contributed by atoms with Gasteiger partial charge in [-0.3, -0.25) is 4.79 Å². The van der Waals surface area contributed by atoms with Gasteiger partial charge in [-0.05, 0) is 18.9 Å². The molecule has 0 radical (unpaired) electrons. The smallest absolute Gasteiger partial charge is 0.224 e. The van der Waals surface area contributed by atoms with Crippen LogP contribution in [0, 0.1) is 12.3 Å². The van der Waals surface area contributed by atoms with Crippen molar-refractivity contribution < 1.29 is 4.79 Å². The van der Waals surface area contributed by atoms with E-state index in [1.54, 1.807) is 11.0 Å². The van der Waals surface area contributed by atoms with Crippen molar-refractivity contribution in [2.24, 2.45) is 0 Å². The van der Waals surface area contributed by atoms with Gasteiger partial charge < -0.3 is 4.90 Å². The van der Waals surface area contributed by atoms with E-state index in [0.717, 1.165) is 5.56 Å². The van der Waals surface area contributed by atoms with E-state index in [1.807, 2.05) is 37.3 Å². The van der Waals surface area contributed by atoms with Crippen LogP contribution in [0.2, 0.25) is 0 Å². The lowest BCUT2D eigenvalue weighted by molar-refractivity contribution is -0.132. The summed E-state index contributed by atoms with van der Waals surface area (Å²) in [4.78, 5) is 13.8. The summed E-state index contributed by atoms with van der Waals surface area (Å²) in [6, 6.07) is 9.91. The van der Waals surface area contributed by atoms with Crippen molar-refractivity contribution >= 4 is 5.91 Å². The van der Waals surface area contributed by atoms with Crippen LogP contribution in [0.4, 0.5) is 0 Å². The molecule has 0 bridgehead atoms. The molecule has 2 heteroatoms. The first-order valence-electron chi connectivity index (χ1n) is 6.09. The lowest BCUT2D eigenvalue weighted by Gasteiger charge is -2.27. The molecule has 0 heterocycles. The largest absolute Gasteiger partial charge is 0.325 e. The lowest BCUT2D eigenvalue weighted by Crippen LogP contribution is -2.33. The van der Waals surface area contributed by atoms with Gasteiger partial charge in [0.25, 0.3) is 0 Å².